The Balaban J connectivity index is 1.99. The number of nitrogens with one attached hydrogen (secondary N) is 2. The smallest absolute Gasteiger partial charge is 0.371 e. The highest BCUT2D eigenvalue weighted by atomic mass is 32.2. The first-order valence-corrected chi connectivity index (χ1v) is 7.24. The second-order valence-corrected chi connectivity index (χ2v) is 5.78. The van der Waals surface area contributed by atoms with Crippen LogP contribution in [0.4, 0.5) is 5.69 Å². The highest BCUT2D eigenvalue weighted by Crippen LogP contribution is 2.24. The molecule has 8 nitrogen and oxygen atoms in total. The quantitative estimate of drug-likeness (QED) is 0.673. The van der Waals surface area contributed by atoms with Gasteiger partial charge in [-0.2, -0.15) is 13.5 Å². The molecule has 3 N–H and O–H groups in total. The van der Waals surface area contributed by atoms with Crippen molar-refractivity contribution >= 4 is 32.6 Å². The Morgan fingerprint density at radius 2 is 2.10 bits per heavy atom. The summed E-state index contributed by atoms with van der Waals surface area (Å²) in [6, 6.07) is 7.13. The number of fused-ring (bicyclic) bond motifs is 1. The number of anilines is 1. The molecule has 0 spiro atoms. The molecule has 1 aromatic carbocycles. The van der Waals surface area contributed by atoms with Crippen LogP contribution in [0.1, 0.15) is 10.6 Å². The number of H-pyrrole nitrogens is 1. The SMILES string of the molecule is O=C(O)c1ccc(S(=O)(=O)Nc2cccc3[nH]ncc23)o1. The number of carbonyl (C=O) groups is 1. The van der Waals surface area contributed by atoms with Gasteiger partial charge in [0.25, 0.3) is 10.0 Å². The standard InChI is InChI=1S/C12H9N3O5S/c16-12(17)10-4-5-11(20-10)21(18,19)15-9-3-1-2-8-7(9)6-13-14-8/h1-6,15H,(H,13,14)(H,16,17). The number of carboxylic acids is 1. The fraction of sp³-hybridized carbons (Fsp3) is 0. The fourth-order valence-electron chi connectivity index (χ4n) is 1.83. The minimum absolute atomic E-state index is 0.314. The number of rotatable bonds is 4. The Bertz CT molecular complexity index is 925. The highest BCUT2D eigenvalue weighted by molar-refractivity contribution is 7.92. The molecular formula is C12H9N3O5S. The van der Waals surface area contributed by atoms with Gasteiger partial charge in [0, 0.05) is 5.39 Å². The van der Waals surface area contributed by atoms with Gasteiger partial charge >= 0.3 is 5.97 Å². The van der Waals surface area contributed by atoms with Crippen molar-refractivity contribution in [3.63, 3.8) is 0 Å². The maximum atomic E-state index is 12.2. The molecule has 0 bridgehead atoms. The molecule has 3 rings (SSSR count). The molecule has 9 heteroatoms. The van der Waals surface area contributed by atoms with E-state index in [1.165, 1.54) is 6.20 Å². The van der Waals surface area contributed by atoms with Crippen LogP contribution in [0.15, 0.2) is 46.0 Å². The number of aromatic nitrogens is 2. The van der Waals surface area contributed by atoms with Gasteiger partial charge in [-0.3, -0.25) is 9.82 Å². The number of benzene rings is 1. The van der Waals surface area contributed by atoms with Crippen LogP contribution in [0.25, 0.3) is 10.9 Å². The minimum Gasteiger partial charge on any atom is -0.475 e. The molecule has 0 aliphatic carbocycles. The van der Waals surface area contributed by atoms with E-state index in [1.807, 2.05) is 0 Å². The molecule has 0 saturated heterocycles. The molecule has 0 radical (unpaired) electrons. The Morgan fingerprint density at radius 3 is 2.81 bits per heavy atom. The number of aromatic amines is 1. The first-order valence-electron chi connectivity index (χ1n) is 5.75. The van der Waals surface area contributed by atoms with Gasteiger partial charge in [0.05, 0.1) is 17.4 Å². The van der Waals surface area contributed by atoms with Crippen LogP contribution in [0.3, 0.4) is 0 Å². The molecule has 2 heterocycles. The Morgan fingerprint density at radius 1 is 1.29 bits per heavy atom. The van der Waals surface area contributed by atoms with E-state index in [1.54, 1.807) is 18.2 Å². The fourth-order valence-corrected chi connectivity index (χ4v) is 2.85. The lowest BCUT2D eigenvalue weighted by Gasteiger charge is -2.06. The monoisotopic (exact) mass is 307 g/mol. The van der Waals surface area contributed by atoms with Crippen molar-refractivity contribution in [1.29, 1.82) is 0 Å². The van der Waals surface area contributed by atoms with Gasteiger partial charge < -0.3 is 9.52 Å². The summed E-state index contributed by atoms with van der Waals surface area (Å²) in [7, 11) is -4.02. The van der Waals surface area contributed by atoms with Crippen molar-refractivity contribution in [3.05, 3.63) is 42.3 Å². The average molecular weight is 307 g/mol. The summed E-state index contributed by atoms with van der Waals surface area (Å²) in [5, 5.41) is 15.4. The number of carboxylic acid groups (broad SMARTS) is 1. The van der Waals surface area contributed by atoms with Crippen LogP contribution in [0.5, 0.6) is 0 Å². The number of nitrogens with zero attached hydrogens (tertiary/aromatic N) is 1. The second kappa shape index (κ2) is 4.63. The van der Waals surface area contributed by atoms with Gasteiger partial charge in [-0.25, -0.2) is 4.79 Å². The van der Waals surface area contributed by atoms with Crippen LogP contribution in [0.2, 0.25) is 0 Å². The number of furan rings is 1. The van der Waals surface area contributed by atoms with E-state index in [4.69, 9.17) is 9.52 Å². The van der Waals surface area contributed by atoms with Crippen LogP contribution in [-0.2, 0) is 10.0 Å². The number of hydrogen-bond donors (Lipinski definition) is 3. The predicted octanol–water partition coefficient (Wildman–Crippen LogP) is 1.65. The lowest BCUT2D eigenvalue weighted by Crippen LogP contribution is -2.12. The van der Waals surface area contributed by atoms with E-state index in [0.29, 0.717) is 16.6 Å². The summed E-state index contributed by atoms with van der Waals surface area (Å²) >= 11 is 0. The zero-order valence-electron chi connectivity index (χ0n) is 10.4. The highest BCUT2D eigenvalue weighted by Gasteiger charge is 2.22. The lowest BCUT2D eigenvalue weighted by molar-refractivity contribution is 0.0656. The van der Waals surface area contributed by atoms with E-state index in [0.717, 1.165) is 12.1 Å². The third kappa shape index (κ3) is 2.34. The van der Waals surface area contributed by atoms with E-state index >= 15 is 0 Å². The molecule has 0 atom stereocenters. The van der Waals surface area contributed by atoms with Crippen LogP contribution >= 0.6 is 0 Å². The van der Waals surface area contributed by atoms with Crippen LogP contribution in [0, 0.1) is 0 Å². The molecule has 0 aliphatic rings. The number of hydrogen-bond acceptors (Lipinski definition) is 5. The van der Waals surface area contributed by atoms with Gasteiger partial charge in [-0.15, -0.1) is 0 Å². The van der Waals surface area contributed by atoms with Crippen molar-refractivity contribution in [2.24, 2.45) is 0 Å². The molecule has 0 amide bonds. The Labute approximate surface area is 118 Å². The summed E-state index contributed by atoms with van der Waals surface area (Å²) < 4.78 is 31.5. The van der Waals surface area contributed by atoms with Gasteiger partial charge in [0.15, 0.2) is 0 Å². The van der Waals surface area contributed by atoms with E-state index in [9.17, 15) is 13.2 Å². The normalized spacial score (nSPS) is 11.6. The maximum absolute atomic E-state index is 12.2. The average Bonchev–Trinajstić information content (AvgIpc) is 3.08. The summed E-state index contributed by atoms with van der Waals surface area (Å²) in [6.07, 6.45) is 1.48. The van der Waals surface area contributed by atoms with Crippen molar-refractivity contribution < 1.29 is 22.7 Å². The van der Waals surface area contributed by atoms with Crippen molar-refractivity contribution in [2.75, 3.05) is 4.72 Å². The molecule has 3 aromatic rings. The van der Waals surface area contributed by atoms with Crippen molar-refractivity contribution in [1.82, 2.24) is 10.2 Å². The summed E-state index contributed by atoms with van der Waals surface area (Å²) in [6.45, 7) is 0. The molecule has 0 fully saturated rings. The van der Waals surface area contributed by atoms with Crippen LogP contribution in [-0.4, -0.2) is 29.7 Å². The zero-order chi connectivity index (χ0) is 15.0. The molecule has 0 saturated carbocycles. The van der Waals surface area contributed by atoms with E-state index < -0.39 is 26.8 Å². The molecule has 2 aromatic heterocycles. The first kappa shape index (κ1) is 13.2. The topological polar surface area (TPSA) is 125 Å². The first-order chi connectivity index (χ1) is 9.97. The minimum atomic E-state index is -4.02. The predicted molar refractivity (Wildman–Crippen MR) is 72.6 cm³/mol. The third-order valence-electron chi connectivity index (χ3n) is 2.79. The summed E-state index contributed by atoms with van der Waals surface area (Å²) in [5.41, 5.74) is 0.982. The van der Waals surface area contributed by atoms with Crippen molar-refractivity contribution in [3.8, 4) is 0 Å². The maximum Gasteiger partial charge on any atom is 0.371 e. The molecule has 21 heavy (non-hydrogen) atoms. The largest absolute Gasteiger partial charge is 0.475 e. The summed E-state index contributed by atoms with van der Waals surface area (Å²) in [4.78, 5) is 10.7. The van der Waals surface area contributed by atoms with Crippen molar-refractivity contribution in [2.45, 2.75) is 5.09 Å². The molecule has 108 valence electrons. The molecular weight excluding hydrogens is 298 g/mol. The Hall–Kier alpha value is -2.81. The van der Waals surface area contributed by atoms with E-state index in [2.05, 4.69) is 14.9 Å². The zero-order valence-corrected chi connectivity index (χ0v) is 11.2. The number of sulfonamides is 1. The lowest BCUT2D eigenvalue weighted by atomic mass is 10.2. The second-order valence-electron chi connectivity index (χ2n) is 4.17. The molecule has 0 unspecified atom stereocenters. The Kier molecular flexibility index (Phi) is 2.91. The van der Waals surface area contributed by atoms with Gasteiger partial charge in [-0.05, 0) is 24.3 Å². The summed E-state index contributed by atoms with van der Waals surface area (Å²) in [5.74, 6) is -1.79. The number of aromatic carboxylic acids is 1. The van der Waals surface area contributed by atoms with Crippen LogP contribution < -0.4 is 4.72 Å². The van der Waals surface area contributed by atoms with Gasteiger partial charge in [0.1, 0.15) is 0 Å². The van der Waals surface area contributed by atoms with Gasteiger partial charge in [-0.1, -0.05) is 6.07 Å². The molecule has 0 aliphatic heterocycles. The van der Waals surface area contributed by atoms with E-state index in [-0.39, 0.29) is 0 Å². The third-order valence-corrected chi connectivity index (χ3v) is 4.02. The van der Waals surface area contributed by atoms with Gasteiger partial charge in [0.2, 0.25) is 10.9 Å².